The second kappa shape index (κ2) is 16.1. The maximum atomic E-state index is 11.8. The van der Waals surface area contributed by atoms with E-state index in [-0.39, 0.29) is 12.6 Å². The summed E-state index contributed by atoms with van der Waals surface area (Å²) in [4.78, 5) is 32.2. The second-order valence-corrected chi connectivity index (χ2v) is 13.7. The van der Waals surface area contributed by atoms with Crippen molar-refractivity contribution in [3.8, 4) is 5.75 Å². The summed E-state index contributed by atoms with van der Waals surface area (Å²) in [6.45, 7) is 11.4. The molecule has 10 nitrogen and oxygen atoms in total. The van der Waals surface area contributed by atoms with Crippen LogP contribution in [0.3, 0.4) is 0 Å². The molecule has 6 rings (SSSR count). The third-order valence-electron chi connectivity index (χ3n) is 10.4. The van der Waals surface area contributed by atoms with Gasteiger partial charge in [0.2, 0.25) is 0 Å². The first-order chi connectivity index (χ1) is 22.6. The molecule has 1 N–H and O–H groups in total. The van der Waals surface area contributed by atoms with Crippen molar-refractivity contribution in [2.75, 3.05) is 45.9 Å². The smallest absolute Gasteiger partial charge is 0.344 e. The Hall–Kier alpha value is -3.21. The zero-order chi connectivity index (χ0) is 31.6. The number of aromatic amines is 1. The quantitative estimate of drug-likeness (QED) is 0.227. The van der Waals surface area contributed by atoms with Gasteiger partial charge in [-0.3, -0.25) is 4.90 Å². The largest absolute Gasteiger partial charge is 0.482 e. The number of H-pyrrole nitrogens is 1. The van der Waals surface area contributed by atoms with Crippen LogP contribution >= 0.6 is 0 Å². The first kappa shape index (κ1) is 32.7. The molecule has 3 aliphatic rings. The van der Waals surface area contributed by atoms with Crippen LogP contribution in [0.5, 0.6) is 5.75 Å². The summed E-state index contributed by atoms with van der Waals surface area (Å²) in [7, 11) is 0. The molecule has 1 aromatic carbocycles. The van der Waals surface area contributed by atoms with Crippen LogP contribution in [0, 0.1) is 5.41 Å². The van der Waals surface area contributed by atoms with Gasteiger partial charge in [-0.1, -0.05) is 31.4 Å². The van der Waals surface area contributed by atoms with Crippen molar-refractivity contribution in [1.29, 1.82) is 0 Å². The molecular formula is C36H53N7O3. The number of likely N-dealkylation sites (tertiary alicyclic amines) is 2. The molecule has 250 valence electrons. The zero-order valence-electron chi connectivity index (χ0n) is 27.7. The maximum absolute atomic E-state index is 11.8. The minimum absolute atomic E-state index is 0.0950. The lowest BCUT2D eigenvalue weighted by Gasteiger charge is -2.44. The number of benzene rings is 1. The Kier molecular flexibility index (Phi) is 11.4. The molecule has 3 aromatic rings. The minimum atomic E-state index is -0.362. The van der Waals surface area contributed by atoms with Crippen molar-refractivity contribution in [2.45, 2.75) is 96.9 Å². The molecule has 4 heterocycles. The van der Waals surface area contributed by atoms with E-state index in [0.29, 0.717) is 37.4 Å². The molecule has 1 saturated carbocycles. The molecule has 2 aliphatic heterocycles. The van der Waals surface area contributed by atoms with Crippen LogP contribution in [-0.2, 0) is 35.7 Å². The predicted molar refractivity (Wildman–Crippen MR) is 178 cm³/mol. The van der Waals surface area contributed by atoms with E-state index in [1.165, 1.54) is 77.5 Å². The van der Waals surface area contributed by atoms with Crippen LogP contribution in [0.25, 0.3) is 0 Å². The number of rotatable bonds is 15. The summed E-state index contributed by atoms with van der Waals surface area (Å²) < 4.78 is 13.0. The van der Waals surface area contributed by atoms with E-state index in [1.54, 1.807) is 13.1 Å². The van der Waals surface area contributed by atoms with Gasteiger partial charge in [0.15, 0.2) is 6.61 Å². The number of carbonyl (C=O) groups excluding carboxylic acids is 1. The lowest BCUT2D eigenvalue weighted by atomic mass is 9.77. The molecule has 1 spiro atoms. The molecule has 0 unspecified atom stereocenters. The first-order valence-corrected chi connectivity index (χ1v) is 17.6. The minimum Gasteiger partial charge on any atom is -0.482 e. The summed E-state index contributed by atoms with van der Waals surface area (Å²) in [5.41, 5.74) is 1.65. The lowest BCUT2D eigenvalue weighted by Crippen LogP contribution is -2.46. The van der Waals surface area contributed by atoms with Gasteiger partial charge in [0, 0.05) is 50.5 Å². The number of hydrogen-bond donors (Lipinski definition) is 1. The molecule has 2 aromatic heterocycles. The molecule has 46 heavy (non-hydrogen) atoms. The Morgan fingerprint density at radius 1 is 1.02 bits per heavy atom. The van der Waals surface area contributed by atoms with E-state index >= 15 is 0 Å². The third-order valence-corrected chi connectivity index (χ3v) is 10.4. The lowest BCUT2D eigenvalue weighted by molar-refractivity contribution is -0.145. The van der Waals surface area contributed by atoms with Crippen LogP contribution in [0.4, 0.5) is 0 Å². The average molecular weight is 632 g/mol. The van der Waals surface area contributed by atoms with E-state index in [9.17, 15) is 4.79 Å². The van der Waals surface area contributed by atoms with Crippen molar-refractivity contribution in [3.63, 3.8) is 0 Å². The topological polar surface area (TPSA) is 91.8 Å². The fourth-order valence-electron chi connectivity index (χ4n) is 7.90. The number of carbonyl (C=O) groups is 1. The average Bonchev–Trinajstić information content (AvgIpc) is 3.84. The number of hydrogen-bond acceptors (Lipinski definition) is 8. The summed E-state index contributed by atoms with van der Waals surface area (Å²) in [6, 6.07) is 8.77. The highest BCUT2D eigenvalue weighted by Crippen LogP contribution is 2.41. The van der Waals surface area contributed by atoms with Gasteiger partial charge in [-0.25, -0.2) is 14.8 Å². The van der Waals surface area contributed by atoms with Gasteiger partial charge in [-0.2, -0.15) is 0 Å². The van der Waals surface area contributed by atoms with E-state index in [1.807, 2.05) is 30.6 Å². The predicted octanol–water partition coefficient (Wildman–Crippen LogP) is 5.26. The molecule has 10 heteroatoms. The third kappa shape index (κ3) is 8.98. The molecular weight excluding hydrogens is 578 g/mol. The van der Waals surface area contributed by atoms with E-state index in [2.05, 4.69) is 41.5 Å². The van der Waals surface area contributed by atoms with Crippen LogP contribution in [-0.4, -0.2) is 92.2 Å². The summed E-state index contributed by atoms with van der Waals surface area (Å²) in [5.74, 6) is 2.27. The summed E-state index contributed by atoms with van der Waals surface area (Å²) in [5, 5.41) is 0. The van der Waals surface area contributed by atoms with Gasteiger partial charge in [-0.15, -0.1) is 0 Å². The Bertz CT molecular complexity index is 1350. The van der Waals surface area contributed by atoms with E-state index in [0.717, 1.165) is 42.8 Å². The van der Waals surface area contributed by atoms with Crippen LogP contribution in [0.15, 0.2) is 49.1 Å². The zero-order valence-corrected chi connectivity index (χ0v) is 27.7. The Balaban J connectivity index is 0.996. The maximum Gasteiger partial charge on any atom is 0.344 e. The second-order valence-electron chi connectivity index (χ2n) is 13.7. The number of aryl methyl sites for hydroxylation is 1. The molecule has 0 atom stereocenters. The number of ether oxygens (including phenoxy) is 2. The number of esters is 1. The van der Waals surface area contributed by atoms with Gasteiger partial charge in [-0.05, 0) is 94.7 Å². The van der Waals surface area contributed by atoms with Gasteiger partial charge >= 0.3 is 5.97 Å². The highest BCUT2D eigenvalue weighted by molar-refractivity contribution is 5.71. The number of imidazole rings is 2. The van der Waals surface area contributed by atoms with Gasteiger partial charge in [0.1, 0.15) is 17.4 Å². The van der Waals surface area contributed by atoms with Crippen molar-refractivity contribution in [2.24, 2.45) is 5.41 Å². The Morgan fingerprint density at radius 2 is 1.87 bits per heavy atom. The van der Waals surface area contributed by atoms with Gasteiger partial charge < -0.3 is 28.8 Å². The van der Waals surface area contributed by atoms with Gasteiger partial charge in [0.05, 0.1) is 19.7 Å². The standard InChI is InChI=1S/C36H53N7O3/c1-2-45-35(44)28-46-32-11-6-8-30(24-32)25-41(26-33-37-15-16-38-33)27-34-39-17-23-43(34)19-7-18-40-20-12-36(29-40)13-21-42(22-14-36)31-9-4-3-5-10-31/h6,8,11,15-17,23-24,31H,2-5,7,9-10,12-14,18-22,25-29H2,1H3,(H,37,38). The number of aromatic nitrogens is 4. The van der Waals surface area contributed by atoms with Crippen molar-refractivity contribution in [3.05, 3.63) is 66.3 Å². The summed E-state index contributed by atoms with van der Waals surface area (Å²) in [6.07, 6.45) is 20.1. The molecule has 0 bridgehead atoms. The van der Waals surface area contributed by atoms with Crippen molar-refractivity contribution < 1.29 is 14.3 Å². The van der Waals surface area contributed by atoms with Crippen LogP contribution in [0.1, 0.15) is 81.9 Å². The number of nitrogens with zero attached hydrogens (tertiary/aromatic N) is 6. The molecule has 2 saturated heterocycles. The van der Waals surface area contributed by atoms with Gasteiger partial charge in [0.25, 0.3) is 0 Å². The normalized spacial score (nSPS) is 19.3. The van der Waals surface area contributed by atoms with Crippen LogP contribution in [0.2, 0.25) is 0 Å². The molecule has 1 aliphatic carbocycles. The molecule has 3 fully saturated rings. The SMILES string of the molecule is CCOC(=O)COc1cccc(CN(Cc2ncc[nH]2)Cc2nccn2CCCN2CCC3(CCN(C4CCCCC4)CC3)C2)c1. The Morgan fingerprint density at radius 3 is 2.67 bits per heavy atom. The van der Waals surface area contributed by atoms with E-state index < -0.39 is 0 Å². The number of piperidine rings is 1. The van der Waals surface area contributed by atoms with Crippen molar-refractivity contribution in [1.82, 2.24) is 34.2 Å². The highest BCUT2D eigenvalue weighted by Gasteiger charge is 2.41. The summed E-state index contributed by atoms with van der Waals surface area (Å²) >= 11 is 0. The monoisotopic (exact) mass is 631 g/mol. The fraction of sp³-hybridized carbons (Fsp3) is 0.639. The Labute approximate surface area is 274 Å². The van der Waals surface area contributed by atoms with Crippen LogP contribution < -0.4 is 4.74 Å². The highest BCUT2D eigenvalue weighted by atomic mass is 16.6. The molecule has 0 amide bonds. The number of nitrogens with one attached hydrogen (secondary N) is 1. The molecule has 0 radical (unpaired) electrons. The first-order valence-electron chi connectivity index (χ1n) is 17.6. The fourth-order valence-corrected chi connectivity index (χ4v) is 7.90. The van der Waals surface area contributed by atoms with E-state index in [4.69, 9.17) is 14.5 Å². The van der Waals surface area contributed by atoms with Crippen molar-refractivity contribution >= 4 is 5.97 Å².